The van der Waals surface area contributed by atoms with Crippen LogP contribution >= 0.6 is 0 Å². The molecule has 0 fully saturated rings. The van der Waals surface area contributed by atoms with Crippen LogP contribution < -0.4 is 10.1 Å². The molecule has 0 aromatic heterocycles. The van der Waals surface area contributed by atoms with E-state index < -0.39 is 5.97 Å². The molecule has 3 aromatic rings. The number of ketones is 1. The SMILES string of the molecule is CC(=O)c1ccc(OCCNc2ccc(C(=O)O)cc2)c2ccccc12. The zero-order chi connectivity index (χ0) is 18.5. The maximum absolute atomic E-state index is 11.8. The highest BCUT2D eigenvalue weighted by atomic mass is 16.5. The van der Waals surface area contributed by atoms with Crippen molar-refractivity contribution in [1.29, 1.82) is 0 Å². The van der Waals surface area contributed by atoms with Gasteiger partial charge in [-0.25, -0.2) is 4.79 Å². The van der Waals surface area contributed by atoms with E-state index in [1.54, 1.807) is 37.3 Å². The summed E-state index contributed by atoms with van der Waals surface area (Å²) < 4.78 is 5.87. The van der Waals surface area contributed by atoms with Crippen LogP contribution in [-0.4, -0.2) is 30.0 Å². The fraction of sp³-hybridized carbons (Fsp3) is 0.143. The highest BCUT2D eigenvalue weighted by Gasteiger charge is 2.09. The van der Waals surface area contributed by atoms with E-state index in [1.807, 2.05) is 30.3 Å². The number of hydrogen-bond acceptors (Lipinski definition) is 4. The van der Waals surface area contributed by atoms with Gasteiger partial charge in [0, 0.05) is 23.2 Å². The zero-order valence-corrected chi connectivity index (χ0v) is 14.4. The Labute approximate surface area is 151 Å². The van der Waals surface area contributed by atoms with Gasteiger partial charge in [0.15, 0.2) is 5.78 Å². The minimum absolute atomic E-state index is 0.0271. The fourth-order valence-corrected chi connectivity index (χ4v) is 2.79. The van der Waals surface area contributed by atoms with E-state index in [2.05, 4.69) is 5.32 Å². The van der Waals surface area contributed by atoms with Crippen molar-refractivity contribution >= 4 is 28.2 Å². The molecule has 0 saturated heterocycles. The summed E-state index contributed by atoms with van der Waals surface area (Å²) in [5.41, 5.74) is 1.77. The second-order valence-corrected chi connectivity index (χ2v) is 5.87. The number of ether oxygens (including phenoxy) is 1. The highest BCUT2D eigenvalue weighted by molar-refractivity contribution is 6.08. The van der Waals surface area contributed by atoms with Crippen molar-refractivity contribution < 1.29 is 19.4 Å². The lowest BCUT2D eigenvalue weighted by atomic mass is 10.0. The molecule has 26 heavy (non-hydrogen) atoms. The van der Waals surface area contributed by atoms with Gasteiger partial charge in [0.25, 0.3) is 0 Å². The Kier molecular flexibility index (Phi) is 5.17. The van der Waals surface area contributed by atoms with Gasteiger partial charge in [-0.1, -0.05) is 24.3 Å². The third-order valence-electron chi connectivity index (χ3n) is 4.08. The molecular formula is C21H19NO4. The van der Waals surface area contributed by atoms with Crippen molar-refractivity contribution in [2.24, 2.45) is 0 Å². The number of carboxylic acid groups (broad SMARTS) is 1. The van der Waals surface area contributed by atoms with E-state index in [-0.39, 0.29) is 11.3 Å². The Morgan fingerprint density at radius 3 is 2.31 bits per heavy atom. The molecule has 3 aromatic carbocycles. The second kappa shape index (κ2) is 7.70. The van der Waals surface area contributed by atoms with E-state index in [0.717, 1.165) is 22.2 Å². The van der Waals surface area contributed by atoms with Crippen molar-refractivity contribution in [2.45, 2.75) is 6.92 Å². The molecule has 0 aliphatic rings. The molecule has 0 unspecified atom stereocenters. The van der Waals surface area contributed by atoms with E-state index in [1.165, 1.54) is 0 Å². The summed E-state index contributed by atoms with van der Waals surface area (Å²) in [5.74, 6) is -0.186. The number of hydrogen-bond donors (Lipinski definition) is 2. The van der Waals surface area contributed by atoms with Gasteiger partial charge in [-0.3, -0.25) is 4.79 Å². The molecule has 0 bridgehead atoms. The average molecular weight is 349 g/mol. The largest absolute Gasteiger partial charge is 0.491 e. The number of fused-ring (bicyclic) bond motifs is 1. The molecule has 0 amide bonds. The van der Waals surface area contributed by atoms with Crippen LogP contribution in [0, 0.1) is 0 Å². The number of anilines is 1. The first-order chi connectivity index (χ1) is 12.6. The topological polar surface area (TPSA) is 75.6 Å². The first kappa shape index (κ1) is 17.5. The molecule has 132 valence electrons. The van der Waals surface area contributed by atoms with Crippen molar-refractivity contribution in [3.8, 4) is 5.75 Å². The lowest BCUT2D eigenvalue weighted by Crippen LogP contribution is -2.12. The molecule has 0 aliphatic heterocycles. The lowest BCUT2D eigenvalue weighted by molar-refractivity contribution is 0.0696. The quantitative estimate of drug-likeness (QED) is 0.493. The van der Waals surface area contributed by atoms with Crippen LogP contribution in [0.1, 0.15) is 27.6 Å². The molecule has 5 heteroatoms. The monoisotopic (exact) mass is 349 g/mol. The first-order valence-corrected chi connectivity index (χ1v) is 8.29. The van der Waals surface area contributed by atoms with Crippen molar-refractivity contribution in [3.05, 3.63) is 71.8 Å². The number of nitrogens with one attached hydrogen (secondary N) is 1. The summed E-state index contributed by atoms with van der Waals surface area (Å²) in [6.45, 7) is 2.56. The fourth-order valence-electron chi connectivity index (χ4n) is 2.79. The molecule has 0 radical (unpaired) electrons. The van der Waals surface area contributed by atoms with E-state index in [4.69, 9.17) is 9.84 Å². The molecule has 0 saturated carbocycles. The van der Waals surface area contributed by atoms with Crippen LogP contribution in [0.5, 0.6) is 5.75 Å². The maximum Gasteiger partial charge on any atom is 0.335 e. The number of carbonyl (C=O) groups is 2. The van der Waals surface area contributed by atoms with Gasteiger partial charge in [-0.2, -0.15) is 0 Å². The van der Waals surface area contributed by atoms with Crippen LogP contribution in [-0.2, 0) is 0 Å². The smallest absolute Gasteiger partial charge is 0.335 e. The number of rotatable bonds is 7. The highest BCUT2D eigenvalue weighted by Crippen LogP contribution is 2.28. The molecule has 3 rings (SSSR count). The Morgan fingerprint density at radius 1 is 0.962 bits per heavy atom. The summed E-state index contributed by atoms with van der Waals surface area (Å²) in [4.78, 5) is 22.6. The Morgan fingerprint density at radius 2 is 1.65 bits per heavy atom. The normalized spacial score (nSPS) is 10.5. The predicted octanol–water partition coefficient (Wildman–Crippen LogP) is 4.23. The number of benzene rings is 3. The minimum Gasteiger partial charge on any atom is -0.491 e. The molecule has 2 N–H and O–H groups in total. The van der Waals surface area contributed by atoms with Gasteiger partial charge >= 0.3 is 5.97 Å². The van der Waals surface area contributed by atoms with Crippen LogP contribution in [0.25, 0.3) is 10.8 Å². The molecular weight excluding hydrogens is 330 g/mol. The van der Waals surface area contributed by atoms with Crippen LogP contribution in [0.15, 0.2) is 60.7 Å². The van der Waals surface area contributed by atoms with E-state index in [9.17, 15) is 9.59 Å². The summed E-state index contributed by atoms with van der Waals surface area (Å²) in [6, 6.07) is 17.8. The van der Waals surface area contributed by atoms with Gasteiger partial charge in [0.05, 0.1) is 5.56 Å². The van der Waals surface area contributed by atoms with Gasteiger partial charge in [-0.05, 0) is 48.7 Å². The maximum atomic E-state index is 11.8. The van der Waals surface area contributed by atoms with Crippen LogP contribution in [0.3, 0.4) is 0 Å². The molecule has 0 aliphatic carbocycles. The first-order valence-electron chi connectivity index (χ1n) is 8.29. The molecule has 0 spiro atoms. The van der Waals surface area contributed by atoms with Gasteiger partial charge in [0.1, 0.15) is 12.4 Å². The van der Waals surface area contributed by atoms with Gasteiger partial charge < -0.3 is 15.2 Å². The van der Waals surface area contributed by atoms with Gasteiger partial charge in [0.2, 0.25) is 0 Å². The average Bonchev–Trinajstić information content (AvgIpc) is 2.65. The zero-order valence-electron chi connectivity index (χ0n) is 14.4. The second-order valence-electron chi connectivity index (χ2n) is 5.87. The summed E-state index contributed by atoms with van der Waals surface area (Å²) in [6.07, 6.45) is 0. The molecule has 0 heterocycles. The Hall–Kier alpha value is -3.34. The van der Waals surface area contributed by atoms with Crippen molar-refractivity contribution in [2.75, 3.05) is 18.5 Å². The standard InChI is InChI=1S/C21H19NO4/c1-14(23)17-10-11-20(19-5-3-2-4-18(17)19)26-13-12-22-16-8-6-15(7-9-16)21(24)25/h2-11,22H,12-13H2,1H3,(H,24,25). The van der Waals surface area contributed by atoms with Crippen LogP contribution in [0.2, 0.25) is 0 Å². The Bertz CT molecular complexity index is 948. The van der Waals surface area contributed by atoms with Crippen molar-refractivity contribution in [3.63, 3.8) is 0 Å². The summed E-state index contributed by atoms with van der Waals surface area (Å²) in [5, 5.41) is 13.9. The van der Waals surface area contributed by atoms with Crippen LogP contribution in [0.4, 0.5) is 5.69 Å². The molecule has 5 nitrogen and oxygen atoms in total. The predicted molar refractivity (Wildman–Crippen MR) is 101 cm³/mol. The lowest BCUT2D eigenvalue weighted by Gasteiger charge is -2.12. The summed E-state index contributed by atoms with van der Waals surface area (Å²) in [7, 11) is 0. The number of carboxylic acids is 1. The van der Waals surface area contributed by atoms with Gasteiger partial charge in [-0.15, -0.1) is 0 Å². The third-order valence-corrected chi connectivity index (χ3v) is 4.08. The Balaban J connectivity index is 1.64. The van der Waals surface area contributed by atoms with Crippen molar-refractivity contribution in [1.82, 2.24) is 0 Å². The number of carbonyl (C=O) groups excluding carboxylic acids is 1. The van der Waals surface area contributed by atoms with E-state index in [0.29, 0.717) is 18.7 Å². The van der Waals surface area contributed by atoms with E-state index >= 15 is 0 Å². The minimum atomic E-state index is -0.944. The number of aromatic carboxylic acids is 1. The molecule has 0 atom stereocenters. The number of Topliss-reactive ketones (excluding diaryl/α,β-unsaturated/α-hetero) is 1. The summed E-state index contributed by atoms with van der Waals surface area (Å²) >= 11 is 0. The third kappa shape index (κ3) is 3.83.